The number of carbonyl (C=O) groups is 1. The topological polar surface area (TPSA) is 80.9 Å². The Bertz CT molecular complexity index is 374. The van der Waals surface area contributed by atoms with Crippen molar-refractivity contribution in [3.05, 3.63) is 10.0 Å². The van der Waals surface area contributed by atoms with Gasteiger partial charge in [-0.3, -0.25) is 10.1 Å². The highest BCUT2D eigenvalue weighted by atomic mass is 35.5. The van der Waals surface area contributed by atoms with Gasteiger partial charge in [-0.05, 0) is 5.41 Å². The normalized spacial score (nSPS) is 13.8. The molecule has 3 N–H and O–H groups in total. The Morgan fingerprint density at radius 1 is 1.62 bits per heavy atom. The number of hydrogen-bond acceptors (Lipinski definition) is 5. The summed E-state index contributed by atoms with van der Waals surface area (Å²) >= 11 is 6.97. The molecule has 7 heteroatoms. The summed E-state index contributed by atoms with van der Waals surface area (Å²) in [5.41, 5.74) is 5.73. The monoisotopic (exact) mass is 262 g/mol. The predicted molar refractivity (Wildman–Crippen MR) is 64.2 cm³/mol. The first-order chi connectivity index (χ1) is 7.32. The Morgan fingerprint density at radius 2 is 2.25 bits per heavy atom. The van der Waals surface area contributed by atoms with Crippen molar-refractivity contribution in [3.8, 4) is 0 Å². The molecule has 1 aromatic rings. The lowest BCUT2D eigenvalue weighted by molar-refractivity contribution is -0.122. The maximum atomic E-state index is 11.3. The smallest absolute Gasteiger partial charge is 0.235 e. The number of rotatable bonds is 4. The highest BCUT2D eigenvalue weighted by Crippen LogP contribution is 2.21. The number of aromatic nitrogens is 2. The summed E-state index contributed by atoms with van der Waals surface area (Å²) in [5.74, 6) is -0.383. The fourth-order valence-electron chi connectivity index (χ4n) is 1.33. The van der Waals surface area contributed by atoms with Gasteiger partial charge in [0, 0.05) is 18.1 Å². The molecule has 1 rings (SSSR count). The lowest BCUT2D eigenvalue weighted by Gasteiger charge is -2.28. The van der Waals surface area contributed by atoms with Gasteiger partial charge in [-0.25, -0.2) is 0 Å². The van der Waals surface area contributed by atoms with Crippen LogP contribution >= 0.6 is 23.1 Å². The van der Waals surface area contributed by atoms with E-state index in [-0.39, 0.29) is 11.3 Å². The molecule has 90 valence electrons. The molecule has 0 aliphatic rings. The fourth-order valence-corrected chi connectivity index (χ4v) is 1.96. The first-order valence-corrected chi connectivity index (χ1v) is 5.97. The summed E-state index contributed by atoms with van der Waals surface area (Å²) in [6.07, 6.45) is 0. The molecule has 1 atom stereocenters. The van der Waals surface area contributed by atoms with Crippen LogP contribution in [0.25, 0.3) is 0 Å². The summed E-state index contributed by atoms with van der Waals surface area (Å²) in [4.78, 5) is 11.3. The minimum absolute atomic E-state index is 0.248. The van der Waals surface area contributed by atoms with Gasteiger partial charge < -0.3 is 5.73 Å². The number of nitrogens with one attached hydrogen (secondary N) is 1. The van der Waals surface area contributed by atoms with Crippen LogP contribution in [0.4, 0.5) is 0 Å². The molecular weight excluding hydrogens is 248 g/mol. The van der Waals surface area contributed by atoms with E-state index in [9.17, 15) is 4.79 Å². The van der Waals surface area contributed by atoms with Gasteiger partial charge in [0.1, 0.15) is 10.0 Å². The van der Waals surface area contributed by atoms with Crippen molar-refractivity contribution in [3.63, 3.8) is 0 Å². The van der Waals surface area contributed by atoms with Crippen LogP contribution < -0.4 is 11.1 Å². The lowest BCUT2D eigenvalue weighted by Crippen LogP contribution is -2.49. The fraction of sp³-hybridized carbons (Fsp3) is 0.667. The van der Waals surface area contributed by atoms with Crippen LogP contribution in [0.3, 0.4) is 0 Å². The Morgan fingerprint density at radius 3 is 2.62 bits per heavy atom. The van der Waals surface area contributed by atoms with Gasteiger partial charge >= 0.3 is 0 Å². The first-order valence-electron chi connectivity index (χ1n) is 4.82. The molecule has 0 aromatic carbocycles. The number of amides is 1. The van der Waals surface area contributed by atoms with Crippen LogP contribution in [-0.4, -0.2) is 21.5 Å². The Labute approximate surface area is 104 Å². The molecule has 0 aliphatic carbocycles. The van der Waals surface area contributed by atoms with E-state index in [4.69, 9.17) is 17.3 Å². The van der Waals surface area contributed by atoms with E-state index in [1.807, 2.05) is 20.8 Å². The summed E-state index contributed by atoms with van der Waals surface area (Å²) < 4.78 is 4.24. The molecule has 1 heterocycles. The summed E-state index contributed by atoms with van der Waals surface area (Å²) in [7, 11) is 0. The standard InChI is InChI=1S/C9H15ClN4OS/c1-9(2,3)6(8(11)15)12-4-5-7(10)16-14-13-5/h6,12H,4H2,1-3H3,(H2,11,15)/t6-/m1/s1. The predicted octanol–water partition coefficient (Wildman–Crippen LogP) is 1.18. The van der Waals surface area contributed by atoms with Gasteiger partial charge in [-0.15, -0.1) is 5.10 Å². The number of primary amides is 1. The second-order valence-electron chi connectivity index (χ2n) is 4.58. The van der Waals surface area contributed by atoms with E-state index >= 15 is 0 Å². The van der Waals surface area contributed by atoms with Crippen molar-refractivity contribution >= 4 is 29.0 Å². The molecule has 0 radical (unpaired) electrons. The number of halogens is 1. The second kappa shape index (κ2) is 5.07. The van der Waals surface area contributed by atoms with Crippen molar-refractivity contribution in [1.29, 1.82) is 0 Å². The van der Waals surface area contributed by atoms with E-state index in [0.717, 1.165) is 11.5 Å². The van der Waals surface area contributed by atoms with E-state index in [1.165, 1.54) is 0 Å². The zero-order chi connectivity index (χ0) is 12.3. The van der Waals surface area contributed by atoms with Gasteiger partial charge in [-0.1, -0.05) is 36.9 Å². The van der Waals surface area contributed by atoms with Crippen molar-refractivity contribution in [1.82, 2.24) is 14.9 Å². The second-order valence-corrected chi connectivity index (χ2v) is 5.93. The highest BCUT2D eigenvalue weighted by molar-refractivity contribution is 7.10. The van der Waals surface area contributed by atoms with Crippen LogP contribution in [0.1, 0.15) is 26.5 Å². The SMILES string of the molecule is CC(C)(C)[C@H](NCc1nnsc1Cl)C(N)=O. The number of hydrogen-bond donors (Lipinski definition) is 2. The summed E-state index contributed by atoms with van der Waals surface area (Å²) in [6, 6.07) is -0.426. The summed E-state index contributed by atoms with van der Waals surface area (Å²) in [6.45, 7) is 6.21. The molecule has 1 amide bonds. The molecule has 1 aromatic heterocycles. The van der Waals surface area contributed by atoms with Gasteiger partial charge in [0.05, 0.1) is 6.04 Å². The quantitative estimate of drug-likeness (QED) is 0.854. The summed E-state index contributed by atoms with van der Waals surface area (Å²) in [5, 5.41) is 6.90. The van der Waals surface area contributed by atoms with Gasteiger partial charge in [-0.2, -0.15) is 0 Å². The van der Waals surface area contributed by atoms with Crippen molar-refractivity contribution in [2.24, 2.45) is 11.1 Å². The van der Waals surface area contributed by atoms with E-state index in [2.05, 4.69) is 14.9 Å². The van der Waals surface area contributed by atoms with Crippen LogP contribution in [0, 0.1) is 5.41 Å². The van der Waals surface area contributed by atoms with Crippen LogP contribution in [0.15, 0.2) is 0 Å². The minimum Gasteiger partial charge on any atom is -0.368 e. The number of nitrogens with zero attached hydrogens (tertiary/aromatic N) is 2. The molecular formula is C9H15ClN4OS. The molecule has 0 aliphatic heterocycles. The molecule has 0 spiro atoms. The zero-order valence-electron chi connectivity index (χ0n) is 9.45. The number of carbonyl (C=O) groups excluding carboxylic acids is 1. The van der Waals surface area contributed by atoms with Crippen molar-refractivity contribution in [2.75, 3.05) is 0 Å². The highest BCUT2D eigenvalue weighted by Gasteiger charge is 2.29. The molecule has 0 fully saturated rings. The van der Waals surface area contributed by atoms with Gasteiger partial charge in [0.2, 0.25) is 5.91 Å². The lowest BCUT2D eigenvalue weighted by atomic mass is 9.86. The molecule has 5 nitrogen and oxygen atoms in total. The third kappa shape index (κ3) is 3.40. The Balaban J connectivity index is 2.65. The third-order valence-corrected chi connectivity index (χ3v) is 3.12. The van der Waals surface area contributed by atoms with Crippen LogP contribution in [0.2, 0.25) is 4.34 Å². The Kier molecular flexibility index (Phi) is 4.23. The molecule has 0 unspecified atom stereocenters. The maximum absolute atomic E-state index is 11.3. The average Bonchev–Trinajstić information content (AvgIpc) is 2.49. The van der Waals surface area contributed by atoms with E-state index in [0.29, 0.717) is 16.6 Å². The first kappa shape index (κ1) is 13.3. The maximum Gasteiger partial charge on any atom is 0.235 e. The van der Waals surface area contributed by atoms with E-state index < -0.39 is 6.04 Å². The molecule has 0 saturated heterocycles. The van der Waals surface area contributed by atoms with Crippen LogP contribution in [-0.2, 0) is 11.3 Å². The van der Waals surface area contributed by atoms with E-state index in [1.54, 1.807) is 0 Å². The van der Waals surface area contributed by atoms with Gasteiger partial charge in [0.25, 0.3) is 0 Å². The van der Waals surface area contributed by atoms with Crippen LogP contribution in [0.5, 0.6) is 0 Å². The van der Waals surface area contributed by atoms with Crippen molar-refractivity contribution < 1.29 is 4.79 Å². The molecule has 16 heavy (non-hydrogen) atoms. The average molecular weight is 263 g/mol. The Hall–Kier alpha value is -0.720. The molecule has 0 bridgehead atoms. The largest absolute Gasteiger partial charge is 0.368 e. The zero-order valence-corrected chi connectivity index (χ0v) is 11.0. The minimum atomic E-state index is -0.426. The molecule has 0 saturated carbocycles. The third-order valence-electron chi connectivity index (χ3n) is 2.13. The van der Waals surface area contributed by atoms with Gasteiger partial charge in [0.15, 0.2) is 0 Å². The van der Waals surface area contributed by atoms with Crippen molar-refractivity contribution in [2.45, 2.75) is 33.4 Å². The number of nitrogens with two attached hydrogens (primary N) is 1.